The molecule has 0 aliphatic heterocycles. The predicted octanol–water partition coefficient (Wildman–Crippen LogP) is 3.06. The van der Waals surface area contributed by atoms with Gasteiger partial charge in [-0.25, -0.2) is 9.78 Å². The van der Waals surface area contributed by atoms with Crippen LogP contribution in [0.25, 0.3) is 10.2 Å². The van der Waals surface area contributed by atoms with Gasteiger partial charge in [-0.15, -0.1) is 11.3 Å². The lowest BCUT2D eigenvalue weighted by Crippen LogP contribution is -2.26. The van der Waals surface area contributed by atoms with Crippen LogP contribution < -0.4 is 11.1 Å². The van der Waals surface area contributed by atoms with Crippen LogP contribution in [0.4, 0.5) is 10.5 Å². The highest BCUT2D eigenvalue weighted by atomic mass is 32.1. The van der Waals surface area contributed by atoms with Crippen molar-refractivity contribution in [3.8, 4) is 0 Å². The number of nitrogens with two attached hydrogens (primary N) is 1. The largest absolute Gasteiger partial charge is 0.351 e. The number of para-hydroxylation sites is 1. The molecule has 6 nitrogen and oxygen atoms in total. The Balaban J connectivity index is 1.75. The molecule has 3 amide bonds. The van der Waals surface area contributed by atoms with E-state index in [0.717, 1.165) is 15.2 Å². The molecule has 0 saturated heterocycles. The second kappa shape index (κ2) is 6.67. The molecule has 0 atom stereocenters. The predicted molar refractivity (Wildman–Crippen MR) is 95.1 cm³/mol. The fourth-order valence-corrected chi connectivity index (χ4v) is 3.38. The van der Waals surface area contributed by atoms with Crippen LogP contribution in [-0.2, 0) is 6.54 Å². The molecule has 7 heteroatoms. The van der Waals surface area contributed by atoms with Gasteiger partial charge in [0.15, 0.2) is 0 Å². The summed E-state index contributed by atoms with van der Waals surface area (Å²) in [6.45, 7) is 0.422. The van der Waals surface area contributed by atoms with E-state index in [1.807, 2.05) is 24.3 Å². The zero-order chi connectivity index (χ0) is 17.1. The zero-order valence-electron chi connectivity index (χ0n) is 13.0. The lowest BCUT2D eigenvalue weighted by Gasteiger charge is -2.16. The van der Waals surface area contributed by atoms with E-state index >= 15 is 0 Å². The van der Waals surface area contributed by atoms with Crippen molar-refractivity contribution < 1.29 is 9.59 Å². The van der Waals surface area contributed by atoms with E-state index in [9.17, 15) is 9.59 Å². The van der Waals surface area contributed by atoms with Crippen molar-refractivity contribution in [3.63, 3.8) is 0 Å². The van der Waals surface area contributed by atoms with Crippen LogP contribution in [0.2, 0.25) is 0 Å². The summed E-state index contributed by atoms with van der Waals surface area (Å²) < 4.78 is 1.10. The Bertz CT molecular complexity index is 873. The molecule has 1 aromatic heterocycles. The van der Waals surface area contributed by atoms with E-state index in [4.69, 9.17) is 5.73 Å². The molecule has 1 heterocycles. The van der Waals surface area contributed by atoms with E-state index in [1.54, 1.807) is 47.5 Å². The van der Waals surface area contributed by atoms with Crippen molar-refractivity contribution in [1.29, 1.82) is 0 Å². The van der Waals surface area contributed by atoms with Gasteiger partial charge < -0.3 is 16.0 Å². The number of nitrogens with zero attached hydrogens (tertiary/aromatic N) is 2. The van der Waals surface area contributed by atoms with Gasteiger partial charge in [0.25, 0.3) is 5.91 Å². The van der Waals surface area contributed by atoms with Gasteiger partial charge in [-0.05, 0) is 30.3 Å². The van der Waals surface area contributed by atoms with Gasteiger partial charge in [-0.3, -0.25) is 4.79 Å². The maximum Gasteiger partial charge on any atom is 0.316 e. The van der Waals surface area contributed by atoms with Crippen molar-refractivity contribution in [2.45, 2.75) is 6.54 Å². The van der Waals surface area contributed by atoms with Crippen LogP contribution in [0.3, 0.4) is 0 Å². The summed E-state index contributed by atoms with van der Waals surface area (Å²) in [6.07, 6.45) is 0. The topological polar surface area (TPSA) is 88.3 Å². The number of carbonyl (C=O) groups excluding carboxylic acids is 2. The maximum atomic E-state index is 12.6. The van der Waals surface area contributed by atoms with Crippen molar-refractivity contribution in [1.82, 2.24) is 9.88 Å². The average Bonchev–Trinajstić information content (AvgIpc) is 2.95. The lowest BCUT2D eigenvalue weighted by molar-refractivity contribution is 0.0785. The molecule has 0 bridgehead atoms. The standard InChI is InChI=1S/C17H16N4O2S/c1-21(10-15-20-13-7-2-3-8-14(13)24-15)16(22)11-5-4-6-12(9-11)19-17(18)23/h2-9H,10H2,1H3,(H3,18,19,23). The first-order valence-corrected chi connectivity index (χ1v) is 8.11. The second-order valence-corrected chi connectivity index (χ2v) is 6.42. The van der Waals surface area contributed by atoms with Crippen LogP contribution in [0.1, 0.15) is 15.4 Å². The van der Waals surface area contributed by atoms with Crippen molar-refractivity contribution in [3.05, 3.63) is 59.1 Å². The van der Waals surface area contributed by atoms with Crippen molar-refractivity contribution in [2.24, 2.45) is 5.73 Å². The average molecular weight is 340 g/mol. The molecule has 0 saturated carbocycles. The Labute approximate surface area is 142 Å². The number of anilines is 1. The highest BCUT2D eigenvalue weighted by Crippen LogP contribution is 2.23. The Morgan fingerprint density at radius 3 is 2.75 bits per heavy atom. The number of primary amides is 1. The summed E-state index contributed by atoms with van der Waals surface area (Å²) in [5.41, 5.74) is 7.00. The Hall–Kier alpha value is -2.93. The number of amides is 3. The number of thiazole rings is 1. The number of hydrogen-bond acceptors (Lipinski definition) is 4. The molecule has 3 aromatic rings. The molecule has 0 unspecified atom stereocenters. The Morgan fingerprint density at radius 1 is 1.21 bits per heavy atom. The summed E-state index contributed by atoms with van der Waals surface area (Å²) in [7, 11) is 1.72. The minimum Gasteiger partial charge on any atom is -0.351 e. The highest BCUT2D eigenvalue weighted by Gasteiger charge is 2.15. The number of carbonyl (C=O) groups is 2. The Morgan fingerprint density at radius 2 is 2.00 bits per heavy atom. The summed E-state index contributed by atoms with van der Waals surface area (Å²) in [4.78, 5) is 29.6. The molecule has 0 spiro atoms. The number of hydrogen-bond donors (Lipinski definition) is 2. The summed E-state index contributed by atoms with van der Waals surface area (Å²) in [5, 5.41) is 3.34. The quantitative estimate of drug-likeness (QED) is 0.765. The summed E-state index contributed by atoms with van der Waals surface area (Å²) in [5.74, 6) is -0.151. The SMILES string of the molecule is CN(Cc1nc2ccccc2s1)C(=O)c1cccc(NC(N)=O)c1. The van der Waals surface area contributed by atoms with E-state index in [-0.39, 0.29) is 5.91 Å². The molecule has 0 radical (unpaired) electrons. The molecule has 0 aliphatic carbocycles. The molecule has 0 aliphatic rings. The first-order valence-electron chi connectivity index (χ1n) is 7.29. The zero-order valence-corrected chi connectivity index (χ0v) is 13.8. The molecule has 122 valence electrons. The summed E-state index contributed by atoms with van der Waals surface area (Å²) in [6, 6.07) is 13.9. The highest BCUT2D eigenvalue weighted by molar-refractivity contribution is 7.18. The molecule has 3 rings (SSSR count). The molecular weight excluding hydrogens is 324 g/mol. The fraction of sp³-hybridized carbons (Fsp3) is 0.118. The van der Waals surface area contributed by atoms with Crippen LogP contribution in [0.15, 0.2) is 48.5 Å². The number of aromatic nitrogens is 1. The second-order valence-electron chi connectivity index (χ2n) is 5.31. The van der Waals surface area contributed by atoms with Gasteiger partial charge in [0.1, 0.15) is 5.01 Å². The third-order valence-corrected chi connectivity index (χ3v) is 4.46. The van der Waals surface area contributed by atoms with E-state index < -0.39 is 6.03 Å². The number of nitrogens with one attached hydrogen (secondary N) is 1. The molecule has 24 heavy (non-hydrogen) atoms. The van der Waals surface area contributed by atoms with Crippen molar-refractivity contribution in [2.75, 3.05) is 12.4 Å². The lowest BCUT2D eigenvalue weighted by atomic mass is 10.2. The molecule has 2 aromatic carbocycles. The first kappa shape index (κ1) is 15.9. The van der Waals surface area contributed by atoms with Gasteiger partial charge in [0.2, 0.25) is 0 Å². The number of fused-ring (bicyclic) bond motifs is 1. The van der Waals surface area contributed by atoms with Gasteiger partial charge in [-0.1, -0.05) is 18.2 Å². The number of rotatable bonds is 4. The Kier molecular flexibility index (Phi) is 4.43. The van der Waals surface area contributed by atoms with Gasteiger partial charge >= 0.3 is 6.03 Å². The van der Waals surface area contributed by atoms with Gasteiger partial charge in [0.05, 0.1) is 16.8 Å². The van der Waals surface area contributed by atoms with E-state index in [1.165, 1.54) is 0 Å². The fourth-order valence-electron chi connectivity index (χ4n) is 2.35. The monoisotopic (exact) mass is 340 g/mol. The minimum atomic E-state index is -0.664. The molecule has 3 N–H and O–H groups in total. The van der Waals surface area contributed by atoms with Crippen LogP contribution in [0, 0.1) is 0 Å². The third kappa shape index (κ3) is 3.52. The normalized spacial score (nSPS) is 10.5. The smallest absolute Gasteiger partial charge is 0.316 e. The van der Waals surface area contributed by atoms with Crippen LogP contribution in [-0.4, -0.2) is 28.9 Å². The van der Waals surface area contributed by atoms with Crippen LogP contribution >= 0.6 is 11.3 Å². The molecule has 0 fully saturated rings. The van der Waals surface area contributed by atoms with E-state index in [0.29, 0.717) is 17.8 Å². The van der Waals surface area contributed by atoms with Crippen LogP contribution in [0.5, 0.6) is 0 Å². The van der Waals surface area contributed by atoms with E-state index in [2.05, 4.69) is 10.3 Å². The number of urea groups is 1. The summed E-state index contributed by atoms with van der Waals surface area (Å²) >= 11 is 1.57. The number of benzene rings is 2. The van der Waals surface area contributed by atoms with Gasteiger partial charge in [-0.2, -0.15) is 0 Å². The third-order valence-electron chi connectivity index (χ3n) is 3.43. The maximum absolute atomic E-state index is 12.6. The minimum absolute atomic E-state index is 0.151. The van der Waals surface area contributed by atoms with Crippen molar-refractivity contribution >= 4 is 39.2 Å². The first-order chi connectivity index (χ1) is 11.5. The molecular formula is C17H16N4O2S. The van der Waals surface area contributed by atoms with Gasteiger partial charge in [0, 0.05) is 18.3 Å².